The Morgan fingerprint density at radius 3 is 2.53 bits per heavy atom. The SMILES string of the molecule is Cc1cccc(Cn2c(C(=O)NCCc3ccccn3)cc3cc(NC(=O)c4ccccc4Cl)ccc32)c1. The molecule has 0 aliphatic rings. The number of aromatic nitrogens is 2. The summed E-state index contributed by atoms with van der Waals surface area (Å²) in [6.07, 6.45) is 2.39. The number of nitrogens with one attached hydrogen (secondary N) is 2. The minimum atomic E-state index is -0.290. The monoisotopic (exact) mass is 522 g/mol. The van der Waals surface area contributed by atoms with E-state index in [2.05, 4.69) is 40.7 Å². The Morgan fingerprint density at radius 1 is 0.895 bits per heavy atom. The van der Waals surface area contributed by atoms with Crippen molar-refractivity contribution in [2.24, 2.45) is 0 Å². The summed E-state index contributed by atoms with van der Waals surface area (Å²) >= 11 is 6.20. The Kier molecular flexibility index (Phi) is 7.52. The third-order valence-electron chi connectivity index (χ3n) is 6.33. The molecule has 0 saturated heterocycles. The first kappa shape index (κ1) is 25.2. The van der Waals surface area contributed by atoms with Crippen molar-refractivity contribution in [1.82, 2.24) is 14.9 Å². The van der Waals surface area contributed by atoms with Gasteiger partial charge in [-0.3, -0.25) is 14.6 Å². The molecule has 0 aliphatic heterocycles. The number of carbonyl (C=O) groups is 2. The van der Waals surface area contributed by atoms with Gasteiger partial charge in [-0.2, -0.15) is 0 Å². The zero-order valence-electron chi connectivity index (χ0n) is 20.9. The average Bonchev–Trinajstić information content (AvgIpc) is 3.27. The van der Waals surface area contributed by atoms with Crippen molar-refractivity contribution in [3.05, 3.63) is 130 Å². The van der Waals surface area contributed by atoms with Crippen LogP contribution >= 0.6 is 11.6 Å². The van der Waals surface area contributed by atoms with Crippen LogP contribution in [0, 0.1) is 6.92 Å². The largest absolute Gasteiger partial charge is 0.350 e. The molecule has 5 rings (SSSR count). The third-order valence-corrected chi connectivity index (χ3v) is 6.66. The molecule has 2 amide bonds. The summed E-state index contributed by atoms with van der Waals surface area (Å²) in [6.45, 7) is 3.07. The first-order valence-electron chi connectivity index (χ1n) is 12.4. The Balaban J connectivity index is 1.43. The lowest BCUT2D eigenvalue weighted by Crippen LogP contribution is -2.28. The van der Waals surface area contributed by atoms with E-state index in [0.717, 1.165) is 27.7 Å². The van der Waals surface area contributed by atoms with E-state index in [1.807, 2.05) is 53.1 Å². The van der Waals surface area contributed by atoms with Crippen LogP contribution in [0.2, 0.25) is 5.02 Å². The van der Waals surface area contributed by atoms with Crippen LogP contribution in [0.5, 0.6) is 0 Å². The molecule has 2 heterocycles. The van der Waals surface area contributed by atoms with Gasteiger partial charge in [-0.1, -0.05) is 59.6 Å². The van der Waals surface area contributed by atoms with E-state index < -0.39 is 0 Å². The van der Waals surface area contributed by atoms with Gasteiger partial charge in [0.2, 0.25) is 0 Å². The summed E-state index contributed by atoms with van der Waals surface area (Å²) in [6, 6.07) is 28.4. The Labute approximate surface area is 226 Å². The summed E-state index contributed by atoms with van der Waals surface area (Å²) in [5.74, 6) is -0.451. The van der Waals surface area contributed by atoms with Gasteiger partial charge in [0, 0.05) is 48.0 Å². The van der Waals surface area contributed by atoms with Crippen LogP contribution in [-0.4, -0.2) is 27.9 Å². The smallest absolute Gasteiger partial charge is 0.267 e. The number of carbonyl (C=O) groups excluding carboxylic acids is 2. The molecule has 2 N–H and O–H groups in total. The minimum Gasteiger partial charge on any atom is -0.350 e. The number of amides is 2. The lowest BCUT2D eigenvalue weighted by molar-refractivity contribution is 0.0945. The van der Waals surface area contributed by atoms with Crippen LogP contribution in [0.4, 0.5) is 5.69 Å². The van der Waals surface area contributed by atoms with E-state index >= 15 is 0 Å². The highest BCUT2D eigenvalue weighted by Gasteiger charge is 2.17. The standard InChI is InChI=1S/C31H27ClN4O2/c1-21-7-6-8-22(17-21)20-36-28-13-12-25(35-30(37)26-10-2-3-11-27(26)32)18-23(28)19-29(36)31(38)34-16-14-24-9-4-5-15-33-24/h2-13,15,17-19H,14,16,20H2,1H3,(H,34,38)(H,35,37). The number of hydrogen-bond acceptors (Lipinski definition) is 3. The maximum Gasteiger partial charge on any atom is 0.267 e. The number of fused-ring (bicyclic) bond motifs is 1. The van der Waals surface area contributed by atoms with Crippen molar-refractivity contribution in [3.63, 3.8) is 0 Å². The topological polar surface area (TPSA) is 76.0 Å². The second-order valence-corrected chi connectivity index (χ2v) is 9.55. The molecule has 190 valence electrons. The Hall–Kier alpha value is -4.42. The predicted octanol–water partition coefficient (Wildman–Crippen LogP) is 6.27. The van der Waals surface area contributed by atoms with Gasteiger partial charge in [-0.25, -0.2) is 0 Å². The quantitative estimate of drug-likeness (QED) is 0.252. The number of halogens is 1. The molecule has 7 heteroatoms. The summed E-state index contributed by atoms with van der Waals surface area (Å²) in [5.41, 5.74) is 5.66. The molecule has 2 aromatic heterocycles. The van der Waals surface area contributed by atoms with Gasteiger partial charge >= 0.3 is 0 Å². The maximum absolute atomic E-state index is 13.3. The third kappa shape index (κ3) is 5.76. The predicted molar refractivity (Wildman–Crippen MR) is 152 cm³/mol. The summed E-state index contributed by atoms with van der Waals surface area (Å²) in [4.78, 5) is 30.4. The van der Waals surface area contributed by atoms with Gasteiger partial charge < -0.3 is 15.2 Å². The van der Waals surface area contributed by atoms with Gasteiger partial charge in [0.15, 0.2) is 0 Å². The van der Waals surface area contributed by atoms with Crippen LogP contribution in [0.1, 0.15) is 37.7 Å². The summed E-state index contributed by atoms with van der Waals surface area (Å²) < 4.78 is 2.01. The number of rotatable bonds is 8. The second kappa shape index (κ2) is 11.3. The van der Waals surface area contributed by atoms with Crippen LogP contribution in [0.25, 0.3) is 10.9 Å². The molecule has 0 fully saturated rings. The lowest BCUT2D eigenvalue weighted by atomic mass is 10.1. The van der Waals surface area contributed by atoms with Crippen LogP contribution < -0.4 is 10.6 Å². The van der Waals surface area contributed by atoms with Crippen molar-refractivity contribution >= 4 is 40.0 Å². The molecule has 0 saturated carbocycles. The van der Waals surface area contributed by atoms with Gasteiger partial charge in [-0.15, -0.1) is 0 Å². The van der Waals surface area contributed by atoms with Crippen LogP contribution in [-0.2, 0) is 13.0 Å². The molecule has 0 bridgehead atoms. The van der Waals surface area contributed by atoms with E-state index in [1.54, 1.807) is 30.5 Å². The molecular formula is C31H27ClN4O2. The number of aryl methyl sites for hydroxylation is 1. The van der Waals surface area contributed by atoms with Crippen LogP contribution in [0.15, 0.2) is 97.2 Å². The van der Waals surface area contributed by atoms with E-state index in [0.29, 0.717) is 41.5 Å². The number of pyridine rings is 1. The number of benzene rings is 3. The van der Waals surface area contributed by atoms with Gasteiger partial charge in [0.25, 0.3) is 11.8 Å². The van der Waals surface area contributed by atoms with E-state index in [9.17, 15) is 9.59 Å². The zero-order valence-corrected chi connectivity index (χ0v) is 21.7. The first-order valence-corrected chi connectivity index (χ1v) is 12.8. The normalized spacial score (nSPS) is 10.9. The fourth-order valence-corrected chi connectivity index (χ4v) is 4.71. The Bertz CT molecular complexity index is 1610. The molecule has 6 nitrogen and oxygen atoms in total. The molecule has 0 unspecified atom stereocenters. The zero-order chi connectivity index (χ0) is 26.5. The van der Waals surface area contributed by atoms with E-state index in [1.165, 1.54) is 0 Å². The van der Waals surface area contributed by atoms with Crippen molar-refractivity contribution in [2.45, 2.75) is 19.9 Å². The highest BCUT2D eigenvalue weighted by molar-refractivity contribution is 6.34. The second-order valence-electron chi connectivity index (χ2n) is 9.14. The highest BCUT2D eigenvalue weighted by atomic mass is 35.5. The van der Waals surface area contributed by atoms with Gasteiger partial charge in [-0.05, 0) is 61.0 Å². The van der Waals surface area contributed by atoms with Crippen molar-refractivity contribution in [3.8, 4) is 0 Å². The average molecular weight is 523 g/mol. The summed E-state index contributed by atoms with van der Waals surface area (Å²) in [7, 11) is 0. The van der Waals surface area contributed by atoms with Gasteiger partial charge in [0.05, 0.1) is 10.6 Å². The first-order chi connectivity index (χ1) is 18.5. The summed E-state index contributed by atoms with van der Waals surface area (Å²) in [5, 5.41) is 7.20. The lowest BCUT2D eigenvalue weighted by Gasteiger charge is -2.12. The van der Waals surface area contributed by atoms with Crippen LogP contribution in [0.3, 0.4) is 0 Å². The molecule has 0 aliphatic carbocycles. The van der Waals surface area contributed by atoms with Crippen molar-refractivity contribution in [2.75, 3.05) is 11.9 Å². The highest BCUT2D eigenvalue weighted by Crippen LogP contribution is 2.26. The molecule has 3 aromatic carbocycles. The fraction of sp³-hybridized carbons (Fsp3) is 0.129. The molecule has 0 radical (unpaired) electrons. The molecule has 5 aromatic rings. The minimum absolute atomic E-state index is 0.161. The molecule has 38 heavy (non-hydrogen) atoms. The Morgan fingerprint density at radius 2 is 1.74 bits per heavy atom. The number of anilines is 1. The van der Waals surface area contributed by atoms with Crippen molar-refractivity contribution < 1.29 is 9.59 Å². The van der Waals surface area contributed by atoms with E-state index in [4.69, 9.17) is 11.6 Å². The number of hydrogen-bond donors (Lipinski definition) is 2. The van der Waals surface area contributed by atoms with Gasteiger partial charge in [0.1, 0.15) is 5.69 Å². The number of nitrogens with zero attached hydrogens (tertiary/aromatic N) is 2. The molecule has 0 atom stereocenters. The van der Waals surface area contributed by atoms with Crippen molar-refractivity contribution in [1.29, 1.82) is 0 Å². The molecular weight excluding hydrogens is 496 g/mol. The maximum atomic E-state index is 13.3. The van der Waals surface area contributed by atoms with E-state index in [-0.39, 0.29) is 11.8 Å². The fourth-order valence-electron chi connectivity index (χ4n) is 4.48. The molecule has 0 spiro atoms.